The zero-order chi connectivity index (χ0) is 18.5. The van der Waals surface area contributed by atoms with Gasteiger partial charge in [0.1, 0.15) is 0 Å². The molecule has 0 saturated carbocycles. The molecule has 2 aliphatic heterocycles. The van der Waals surface area contributed by atoms with Crippen molar-refractivity contribution in [3.05, 3.63) is 68.7 Å². The Balaban J connectivity index is 0.000000151. The average molecular weight is 391 g/mol. The highest BCUT2D eigenvalue weighted by molar-refractivity contribution is 6.30. The lowest BCUT2D eigenvalue weighted by molar-refractivity contribution is 0.644. The van der Waals surface area contributed by atoms with Crippen LogP contribution < -0.4 is 10.6 Å². The summed E-state index contributed by atoms with van der Waals surface area (Å²) in [6.45, 7) is 8.78. The summed E-state index contributed by atoms with van der Waals surface area (Å²) < 4.78 is 0. The first-order valence-corrected chi connectivity index (χ1v) is 10.3. The molecule has 0 saturated heterocycles. The SMILES string of the molecule is C[C@H]1CNCCc2ccc(Cl)cc21.C[C@H]1CNCCc2ccc(Cl)cc21. The molecule has 2 N–H and O–H groups in total. The lowest BCUT2D eigenvalue weighted by Crippen LogP contribution is -2.18. The van der Waals surface area contributed by atoms with E-state index in [1.165, 1.54) is 22.3 Å². The third-order valence-electron chi connectivity index (χ3n) is 5.32. The highest BCUT2D eigenvalue weighted by Crippen LogP contribution is 2.26. The molecule has 26 heavy (non-hydrogen) atoms. The van der Waals surface area contributed by atoms with Crippen molar-refractivity contribution in [2.75, 3.05) is 26.2 Å². The van der Waals surface area contributed by atoms with Gasteiger partial charge < -0.3 is 10.6 Å². The number of nitrogens with one attached hydrogen (secondary N) is 2. The van der Waals surface area contributed by atoms with Crippen LogP contribution >= 0.6 is 23.2 Å². The fourth-order valence-electron chi connectivity index (χ4n) is 3.81. The molecule has 2 heterocycles. The van der Waals surface area contributed by atoms with Gasteiger partial charge in [0.15, 0.2) is 0 Å². The van der Waals surface area contributed by atoms with Crippen LogP contribution in [0.25, 0.3) is 0 Å². The molecule has 2 aromatic rings. The Kier molecular flexibility index (Phi) is 6.99. The van der Waals surface area contributed by atoms with E-state index in [9.17, 15) is 0 Å². The van der Waals surface area contributed by atoms with Crippen LogP contribution in [0.1, 0.15) is 47.9 Å². The van der Waals surface area contributed by atoms with Gasteiger partial charge >= 0.3 is 0 Å². The number of benzene rings is 2. The Morgan fingerprint density at radius 2 is 1.15 bits per heavy atom. The fourth-order valence-corrected chi connectivity index (χ4v) is 4.17. The summed E-state index contributed by atoms with van der Waals surface area (Å²) in [7, 11) is 0. The lowest BCUT2D eigenvalue weighted by atomic mass is 9.96. The van der Waals surface area contributed by atoms with Gasteiger partial charge in [0.25, 0.3) is 0 Å². The number of halogens is 2. The summed E-state index contributed by atoms with van der Waals surface area (Å²) in [6.07, 6.45) is 2.24. The van der Waals surface area contributed by atoms with E-state index < -0.39 is 0 Å². The average Bonchev–Trinajstić information content (AvgIpc) is 2.92. The monoisotopic (exact) mass is 390 g/mol. The van der Waals surface area contributed by atoms with Gasteiger partial charge in [-0.05, 0) is 84.3 Å². The predicted molar refractivity (Wildman–Crippen MR) is 113 cm³/mol. The van der Waals surface area contributed by atoms with Crippen LogP contribution in [-0.4, -0.2) is 26.2 Å². The zero-order valence-electron chi connectivity index (χ0n) is 15.6. The van der Waals surface area contributed by atoms with Gasteiger partial charge in [0, 0.05) is 23.1 Å². The molecule has 0 aromatic heterocycles. The van der Waals surface area contributed by atoms with Gasteiger partial charge in [-0.3, -0.25) is 0 Å². The van der Waals surface area contributed by atoms with E-state index in [2.05, 4.69) is 48.7 Å². The van der Waals surface area contributed by atoms with E-state index in [-0.39, 0.29) is 0 Å². The van der Waals surface area contributed by atoms with Crippen molar-refractivity contribution in [3.8, 4) is 0 Å². The maximum atomic E-state index is 5.97. The minimum absolute atomic E-state index is 0.580. The molecule has 2 aromatic carbocycles. The largest absolute Gasteiger partial charge is 0.316 e. The van der Waals surface area contributed by atoms with Crippen molar-refractivity contribution in [3.63, 3.8) is 0 Å². The van der Waals surface area contributed by atoms with Crippen LogP contribution in [0.15, 0.2) is 36.4 Å². The third-order valence-corrected chi connectivity index (χ3v) is 5.79. The molecule has 2 nitrogen and oxygen atoms in total. The van der Waals surface area contributed by atoms with Crippen LogP contribution in [0, 0.1) is 0 Å². The summed E-state index contributed by atoms with van der Waals surface area (Å²) >= 11 is 11.9. The van der Waals surface area contributed by atoms with Crippen LogP contribution in [-0.2, 0) is 12.8 Å². The smallest absolute Gasteiger partial charge is 0.0409 e. The first-order valence-electron chi connectivity index (χ1n) is 9.52. The molecule has 0 fully saturated rings. The van der Waals surface area contributed by atoms with E-state index in [0.29, 0.717) is 11.8 Å². The molecule has 0 radical (unpaired) electrons. The predicted octanol–water partition coefficient (Wildman–Crippen LogP) is 5.18. The van der Waals surface area contributed by atoms with Gasteiger partial charge in [-0.25, -0.2) is 0 Å². The molecule has 0 unspecified atom stereocenters. The van der Waals surface area contributed by atoms with E-state index >= 15 is 0 Å². The standard InChI is InChI=1S/2C11H14ClN/c2*1-8-7-13-5-4-9-2-3-10(12)6-11(8)9/h2*2-3,6,8,13H,4-5,7H2,1H3/t2*8-/m00/s1. The Morgan fingerprint density at radius 3 is 1.58 bits per heavy atom. The van der Waals surface area contributed by atoms with Crippen LogP contribution in [0.2, 0.25) is 10.0 Å². The quantitative estimate of drug-likeness (QED) is 0.647. The van der Waals surface area contributed by atoms with Gasteiger partial charge in [0.2, 0.25) is 0 Å². The minimum atomic E-state index is 0.580. The summed E-state index contributed by atoms with van der Waals surface area (Å²) in [4.78, 5) is 0. The number of rotatable bonds is 0. The van der Waals surface area contributed by atoms with Crippen LogP contribution in [0.4, 0.5) is 0 Å². The second-order valence-electron chi connectivity index (χ2n) is 7.40. The summed E-state index contributed by atoms with van der Waals surface area (Å²) in [6, 6.07) is 12.5. The number of hydrogen-bond acceptors (Lipinski definition) is 2. The Hall–Kier alpha value is -1.06. The Bertz CT molecular complexity index is 681. The number of fused-ring (bicyclic) bond motifs is 2. The number of hydrogen-bond donors (Lipinski definition) is 2. The van der Waals surface area contributed by atoms with E-state index in [1.807, 2.05) is 12.1 Å². The Labute approximate surface area is 167 Å². The molecular formula is C22H28Cl2N2. The normalized spacial score (nSPS) is 22.2. The van der Waals surface area contributed by atoms with Crippen LogP contribution in [0.3, 0.4) is 0 Å². The van der Waals surface area contributed by atoms with Crippen molar-refractivity contribution >= 4 is 23.2 Å². The van der Waals surface area contributed by atoms with Gasteiger partial charge in [-0.2, -0.15) is 0 Å². The van der Waals surface area contributed by atoms with Crippen molar-refractivity contribution in [1.29, 1.82) is 0 Å². The third kappa shape index (κ3) is 5.01. The summed E-state index contributed by atoms with van der Waals surface area (Å²) in [5, 5.41) is 8.55. The molecule has 0 bridgehead atoms. The fraction of sp³-hybridized carbons (Fsp3) is 0.455. The topological polar surface area (TPSA) is 24.1 Å². The van der Waals surface area contributed by atoms with Crippen molar-refractivity contribution in [2.24, 2.45) is 0 Å². The molecular weight excluding hydrogens is 363 g/mol. The highest BCUT2D eigenvalue weighted by Gasteiger charge is 2.15. The second kappa shape index (κ2) is 9.23. The molecule has 0 aliphatic carbocycles. The van der Waals surface area contributed by atoms with Gasteiger partial charge in [-0.1, -0.05) is 49.2 Å². The minimum Gasteiger partial charge on any atom is -0.316 e. The summed E-state index contributed by atoms with van der Waals surface area (Å²) in [5.41, 5.74) is 5.72. The summed E-state index contributed by atoms with van der Waals surface area (Å²) in [5.74, 6) is 1.16. The van der Waals surface area contributed by atoms with Crippen LogP contribution in [0.5, 0.6) is 0 Å². The van der Waals surface area contributed by atoms with E-state index in [1.54, 1.807) is 0 Å². The van der Waals surface area contributed by atoms with E-state index in [4.69, 9.17) is 23.2 Å². The highest BCUT2D eigenvalue weighted by atomic mass is 35.5. The van der Waals surface area contributed by atoms with Crippen molar-refractivity contribution < 1.29 is 0 Å². The molecule has 0 amide bonds. The van der Waals surface area contributed by atoms with Gasteiger partial charge in [-0.15, -0.1) is 0 Å². The molecule has 2 atom stereocenters. The second-order valence-corrected chi connectivity index (χ2v) is 8.27. The molecule has 2 aliphatic rings. The molecule has 140 valence electrons. The maximum absolute atomic E-state index is 5.97. The van der Waals surface area contributed by atoms with Gasteiger partial charge in [0.05, 0.1) is 0 Å². The molecule has 4 heteroatoms. The first-order chi connectivity index (χ1) is 12.5. The van der Waals surface area contributed by atoms with Crippen molar-refractivity contribution in [2.45, 2.75) is 38.5 Å². The van der Waals surface area contributed by atoms with E-state index in [0.717, 1.165) is 49.1 Å². The molecule has 4 rings (SSSR count). The maximum Gasteiger partial charge on any atom is 0.0409 e. The Morgan fingerprint density at radius 1 is 0.731 bits per heavy atom. The molecule has 0 spiro atoms. The van der Waals surface area contributed by atoms with Crippen molar-refractivity contribution in [1.82, 2.24) is 10.6 Å². The first kappa shape index (κ1) is 19.7. The zero-order valence-corrected chi connectivity index (χ0v) is 17.1. The lowest BCUT2D eigenvalue weighted by Gasteiger charge is -2.11.